The largest absolute Gasteiger partial charge is 0.497 e. The molecule has 5 heteroatoms. The summed E-state index contributed by atoms with van der Waals surface area (Å²) in [7, 11) is 1.71. The van der Waals surface area contributed by atoms with E-state index < -0.39 is 5.41 Å². The van der Waals surface area contributed by atoms with Crippen molar-refractivity contribution in [2.75, 3.05) is 20.2 Å². The molecule has 33 heavy (non-hydrogen) atoms. The first-order valence-corrected chi connectivity index (χ1v) is 12.3. The Bertz CT molecular complexity index is 1190. The number of benzene rings is 2. The Morgan fingerprint density at radius 3 is 2.85 bits per heavy atom. The van der Waals surface area contributed by atoms with Crippen molar-refractivity contribution in [2.24, 2.45) is 11.8 Å². The van der Waals surface area contributed by atoms with E-state index in [0.717, 1.165) is 54.9 Å². The third-order valence-electron chi connectivity index (χ3n) is 8.39. The summed E-state index contributed by atoms with van der Waals surface area (Å²) in [6.45, 7) is 4.68. The molecule has 7 rings (SSSR count). The van der Waals surface area contributed by atoms with Gasteiger partial charge in [-0.05, 0) is 60.4 Å². The number of fused-ring (bicyclic) bond motifs is 4. The smallest absolute Gasteiger partial charge is 0.320 e. The van der Waals surface area contributed by atoms with Crippen molar-refractivity contribution in [1.29, 1.82) is 0 Å². The van der Waals surface area contributed by atoms with E-state index in [2.05, 4.69) is 28.9 Å². The molecule has 0 spiro atoms. The fourth-order valence-electron chi connectivity index (χ4n) is 7.09. The molecule has 1 saturated carbocycles. The lowest BCUT2D eigenvalue weighted by Gasteiger charge is -2.57. The van der Waals surface area contributed by atoms with Crippen molar-refractivity contribution in [3.63, 3.8) is 0 Å². The van der Waals surface area contributed by atoms with Gasteiger partial charge in [-0.2, -0.15) is 0 Å². The minimum Gasteiger partial charge on any atom is -0.497 e. The SMILES string of the molecule is CC[C@H]1CC2CN3CCc4c([nH]c5ccc(OC)cc45)[C@@](C(=O)OCc4ccccc4)(C2)C13. The molecule has 2 aromatic carbocycles. The quantitative estimate of drug-likeness (QED) is 0.573. The number of hydrogen-bond acceptors (Lipinski definition) is 4. The Morgan fingerprint density at radius 1 is 1.21 bits per heavy atom. The number of nitrogens with zero attached hydrogens (tertiary/aromatic N) is 1. The van der Waals surface area contributed by atoms with Crippen LogP contribution in [-0.2, 0) is 28.0 Å². The summed E-state index contributed by atoms with van der Waals surface area (Å²) < 4.78 is 11.7. The highest BCUT2D eigenvalue weighted by Crippen LogP contribution is 2.55. The molecule has 3 aliphatic heterocycles. The molecule has 3 fully saturated rings. The summed E-state index contributed by atoms with van der Waals surface area (Å²) in [5, 5.41) is 1.18. The highest BCUT2D eigenvalue weighted by Gasteiger charge is 2.62. The molecule has 4 bridgehead atoms. The zero-order valence-corrected chi connectivity index (χ0v) is 19.5. The fourth-order valence-corrected chi connectivity index (χ4v) is 7.09. The van der Waals surface area contributed by atoms with Gasteiger partial charge in [0.2, 0.25) is 0 Å². The Hall–Kier alpha value is -2.79. The molecule has 4 heterocycles. The third kappa shape index (κ3) is 3.12. The topological polar surface area (TPSA) is 54.6 Å². The van der Waals surface area contributed by atoms with Crippen molar-refractivity contribution in [1.82, 2.24) is 9.88 Å². The zero-order valence-electron chi connectivity index (χ0n) is 19.5. The number of methoxy groups -OCH3 is 1. The number of aromatic nitrogens is 1. The van der Waals surface area contributed by atoms with Crippen LogP contribution in [0.2, 0.25) is 0 Å². The van der Waals surface area contributed by atoms with Gasteiger partial charge in [-0.3, -0.25) is 9.69 Å². The van der Waals surface area contributed by atoms with Crippen LogP contribution in [0.3, 0.4) is 0 Å². The highest BCUT2D eigenvalue weighted by molar-refractivity contribution is 5.92. The van der Waals surface area contributed by atoms with Crippen LogP contribution in [0.15, 0.2) is 48.5 Å². The molecule has 3 aromatic rings. The van der Waals surface area contributed by atoms with E-state index >= 15 is 0 Å². The van der Waals surface area contributed by atoms with Gasteiger partial charge in [0.1, 0.15) is 17.8 Å². The zero-order chi connectivity index (χ0) is 22.6. The molecular weight excluding hydrogens is 412 g/mol. The van der Waals surface area contributed by atoms with Gasteiger partial charge in [-0.15, -0.1) is 0 Å². The van der Waals surface area contributed by atoms with E-state index in [1.54, 1.807) is 7.11 Å². The van der Waals surface area contributed by atoms with Gasteiger partial charge >= 0.3 is 5.97 Å². The van der Waals surface area contributed by atoms with Gasteiger partial charge in [-0.25, -0.2) is 0 Å². The molecule has 1 aliphatic carbocycles. The van der Waals surface area contributed by atoms with Crippen LogP contribution < -0.4 is 4.74 Å². The number of hydrogen-bond donors (Lipinski definition) is 1. The summed E-state index contributed by atoms with van der Waals surface area (Å²) in [5.74, 6) is 1.82. The lowest BCUT2D eigenvalue weighted by molar-refractivity contribution is -0.166. The molecule has 0 amide bonds. The second-order valence-electron chi connectivity index (χ2n) is 10.1. The van der Waals surface area contributed by atoms with E-state index in [1.807, 2.05) is 36.4 Å². The van der Waals surface area contributed by atoms with Crippen molar-refractivity contribution in [3.05, 3.63) is 65.4 Å². The molecule has 172 valence electrons. The Balaban J connectivity index is 1.50. The average molecular weight is 445 g/mol. The monoisotopic (exact) mass is 444 g/mol. The first-order chi connectivity index (χ1) is 16.1. The molecule has 2 saturated heterocycles. The van der Waals surface area contributed by atoms with Crippen molar-refractivity contribution in [3.8, 4) is 5.75 Å². The summed E-state index contributed by atoms with van der Waals surface area (Å²) >= 11 is 0. The van der Waals surface area contributed by atoms with Crippen LogP contribution >= 0.6 is 0 Å². The second kappa shape index (κ2) is 7.91. The number of esters is 1. The minimum absolute atomic E-state index is 0.0640. The molecule has 0 radical (unpaired) electrons. The maximum Gasteiger partial charge on any atom is 0.320 e. The Labute approximate surface area is 195 Å². The molecule has 4 aliphatic rings. The molecule has 1 N–H and O–H groups in total. The predicted octanol–water partition coefficient (Wildman–Crippen LogP) is 4.83. The highest BCUT2D eigenvalue weighted by atomic mass is 16.5. The third-order valence-corrected chi connectivity index (χ3v) is 8.39. The van der Waals surface area contributed by atoms with Gasteiger partial charge in [0.25, 0.3) is 0 Å². The van der Waals surface area contributed by atoms with Crippen molar-refractivity contribution >= 4 is 16.9 Å². The van der Waals surface area contributed by atoms with E-state index in [-0.39, 0.29) is 12.0 Å². The van der Waals surface area contributed by atoms with Gasteiger partial charge in [0.05, 0.1) is 7.11 Å². The van der Waals surface area contributed by atoms with Crippen LogP contribution in [0.5, 0.6) is 5.75 Å². The van der Waals surface area contributed by atoms with E-state index in [0.29, 0.717) is 18.4 Å². The maximum atomic E-state index is 14.2. The number of piperidine rings is 2. The maximum absolute atomic E-state index is 14.2. The second-order valence-corrected chi connectivity index (χ2v) is 10.1. The summed E-state index contributed by atoms with van der Waals surface area (Å²) in [5.41, 5.74) is 3.83. The molecule has 1 aromatic heterocycles. The first kappa shape index (κ1) is 20.8. The summed E-state index contributed by atoms with van der Waals surface area (Å²) in [6.07, 6.45) is 4.12. The van der Waals surface area contributed by atoms with Crippen molar-refractivity contribution in [2.45, 2.75) is 50.7 Å². The Morgan fingerprint density at radius 2 is 2.06 bits per heavy atom. The standard InChI is InChI=1S/C28H32N2O3/c1-3-20-13-19-15-28(27(31)33-17-18-7-5-4-6-8-18)25-22(11-12-30(16-19)26(20)28)23-14-21(32-2)9-10-24(23)29-25/h4-10,14,19-20,26,29H,3,11-13,15-17H2,1-2H3/t19?,20-,26?,28-/m0/s1. The first-order valence-electron chi connectivity index (χ1n) is 12.3. The molecular formula is C28H32N2O3. The number of rotatable bonds is 5. The van der Waals surface area contributed by atoms with E-state index in [4.69, 9.17) is 9.47 Å². The van der Waals surface area contributed by atoms with E-state index in [1.165, 1.54) is 17.4 Å². The number of carbonyl (C=O) groups is 1. The van der Waals surface area contributed by atoms with Crippen LogP contribution in [0, 0.1) is 11.8 Å². The number of carbonyl (C=O) groups excluding carboxylic acids is 1. The van der Waals surface area contributed by atoms with Crippen LogP contribution in [-0.4, -0.2) is 42.1 Å². The predicted molar refractivity (Wildman–Crippen MR) is 128 cm³/mol. The van der Waals surface area contributed by atoms with Crippen LogP contribution in [0.4, 0.5) is 0 Å². The number of nitrogens with one attached hydrogen (secondary N) is 1. The van der Waals surface area contributed by atoms with Crippen LogP contribution in [0.25, 0.3) is 10.9 Å². The summed E-state index contributed by atoms with van der Waals surface area (Å²) in [4.78, 5) is 20.5. The van der Waals surface area contributed by atoms with Gasteiger partial charge in [0.15, 0.2) is 0 Å². The summed E-state index contributed by atoms with van der Waals surface area (Å²) in [6, 6.07) is 16.4. The molecule has 3 unspecified atom stereocenters. The lowest BCUT2D eigenvalue weighted by Crippen LogP contribution is -2.67. The van der Waals surface area contributed by atoms with Gasteiger partial charge < -0.3 is 14.5 Å². The number of H-pyrrole nitrogens is 1. The average Bonchev–Trinajstić information content (AvgIpc) is 3.19. The lowest BCUT2D eigenvalue weighted by atomic mass is 9.56. The van der Waals surface area contributed by atoms with Gasteiger partial charge in [0, 0.05) is 35.7 Å². The van der Waals surface area contributed by atoms with Crippen LogP contribution in [0.1, 0.15) is 43.0 Å². The van der Waals surface area contributed by atoms with E-state index in [9.17, 15) is 4.79 Å². The van der Waals surface area contributed by atoms with Crippen molar-refractivity contribution < 1.29 is 14.3 Å². The minimum atomic E-state index is -0.644. The number of aromatic amines is 1. The molecule has 5 nitrogen and oxygen atoms in total. The van der Waals surface area contributed by atoms with Gasteiger partial charge in [-0.1, -0.05) is 43.7 Å². The number of ether oxygens (including phenoxy) is 2. The fraction of sp³-hybridized carbons (Fsp3) is 0.464. The Kier molecular flexibility index (Phi) is 4.98. The molecule has 5 atom stereocenters. The normalized spacial score (nSPS) is 30.0.